The molecule has 422 valence electrons. The second-order valence-corrected chi connectivity index (χ2v) is 19.6. The van der Waals surface area contributed by atoms with Crippen LogP contribution < -0.4 is 61.0 Å². The van der Waals surface area contributed by atoms with Crippen molar-refractivity contribution in [2.75, 3.05) is 13.1 Å². The third kappa shape index (κ3) is 21.1. The number of H-pyrrole nitrogens is 1. The van der Waals surface area contributed by atoms with Gasteiger partial charge in [0.15, 0.2) is 17.7 Å². The van der Waals surface area contributed by atoms with Gasteiger partial charge in [-0.25, -0.2) is 0 Å². The van der Waals surface area contributed by atoms with Gasteiger partial charge in [0.2, 0.25) is 41.4 Å². The van der Waals surface area contributed by atoms with Crippen molar-refractivity contribution in [1.29, 1.82) is 0 Å². The molecule has 0 aliphatic carbocycles. The largest absolute Gasteiger partial charge is 0.370 e. The molecule has 26 heteroatoms. The highest BCUT2D eigenvalue weighted by Crippen LogP contribution is 2.27. The predicted octanol–water partition coefficient (Wildman–Crippen LogP) is -0.839. The number of aromatic amines is 1. The first-order valence-electron chi connectivity index (χ1n) is 25.5. The van der Waals surface area contributed by atoms with Crippen LogP contribution >= 0.6 is 11.6 Å². The summed E-state index contributed by atoms with van der Waals surface area (Å²) < 4.78 is 0. The third-order valence-electron chi connectivity index (χ3n) is 13.0. The number of rotatable bonds is 19. The number of benzene rings is 2. The molecule has 7 atom stereocenters. The molecule has 1 saturated heterocycles. The van der Waals surface area contributed by atoms with Gasteiger partial charge in [-0.2, -0.15) is 0 Å². The fraction of sp³-hybridized carbons (Fsp3) is 0.481. The van der Waals surface area contributed by atoms with E-state index in [9.17, 15) is 52.7 Å². The summed E-state index contributed by atoms with van der Waals surface area (Å²) in [6.45, 7) is 1.29. The van der Waals surface area contributed by atoms with E-state index in [-0.39, 0.29) is 75.0 Å². The van der Waals surface area contributed by atoms with Crippen LogP contribution in [0.5, 0.6) is 0 Å². The van der Waals surface area contributed by atoms with Gasteiger partial charge < -0.3 is 66.0 Å². The lowest BCUT2D eigenvalue weighted by Crippen LogP contribution is -2.58. The normalized spacial score (nSPS) is 21.0. The number of guanidine groups is 2. The number of ketones is 4. The van der Waals surface area contributed by atoms with Crippen molar-refractivity contribution >= 4 is 98.9 Å². The highest BCUT2D eigenvalue weighted by atomic mass is 35.5. The van der Waals surface area contributed by atoms with E-state index in [1.54, 1.807) is 36.5 Å². The summed E-state index contributed by atoms with van der Waals surface area (Å²) in [6.07, 6.45) is -2.49. The zero-order valence-electron chi connectivity index (χ0n) is 43.5. The minimum atomic E-state index is -1.63. The quantitative estimate of drug-likeness (QED) is 0.0302. The number of aliphatic imine (C=N–C) groups is 2. The number of amides is 7. The molecule has 0 bridgehead atoms. The number of carbonyl (C=O) groups is 11. The Bertz CT molecular complexity index is 2740. The van der Waals surface area contributed by atoms with E-state index in [4.69, 9.17) is 46.0 Å². The van der Waals surface area contributed by atoms with Gasteiger partial charge in [0.25, 0.3) is 0 Å². The molecular weight excluding hydrogens is 1030 g/mol. The number of carbonyl (C=O) groups excluding carboxylic acids is 11. The molecule has 0 saturated carbocycles. The standard InChI is InChI=1S/C52H71ClN14O11/c1-28(68)63-39(13-7-21-61-52(58)59)48(76)65-40-17-15-34(70)26-33(69)14-16-38(46(55)74)64-47(75)31(22-32-27-62-37-12-5-3-10-35(32)37)25-43(71)30(9-6-20-60-51(56)57)24-44(72)42(23-29-8-2-4-11-36(29)53)67-50(78)41(66-49(40)77)18-19-45(54)73/h2-5,8,10-12,27,30-31,38-42,62H,6-7,9,13-26H2,1H3,(H2,54,73)(H2,55,74)(H,63,68)(H,64,75)(H,65,76)(H,66,77)(H,67,78)(H4,56,57,60)(H4,58,59,61)/t30-,31-,38+,39+,40+,41+,42-/m1/s1. The number of nitrogens with zero attached hydrogens (tertiary/aromatic N) is 2. The molecule has 25 nitrogen and oxygen atoms in total. The van der Waals surface area contributed by atoms with Crippen molar-refractivity contribution in [3.05, 3.63) is 70.9 Å². The third-order valence-corrected chi connectivity index (χ3v) is 13.4. The number of fused-ring (bicyclic) bond motifs is 1. The number of halogens is 1. The average Bonchev–Trinajstić information content (AvgIpc) is 3.82. The Labute approximate surface area is 455 Å². The second-order valence-electron chi connectivity index (χ2n) is 19.2. The van der Waals surface area contributed by atoms with Crippen LogP contribution in [-0.4, -0.2) is 125 Å². The zero-order valence-corrected chi connectivity index (χ0v) is 44.2. The van der Waals surface area contributed by atoms with Gasteiger partial charge in [0.05, 0.1) is 12.5 Å². The molecule has 7 amide bonds. The van der Waals surface area contributed by atoms with E-state index in [1.807, 2.05) is 18.2 Å². The zero-order chi connectivity index (χ0) is 57.5. The lowest BCUT2D eigenvalue weighted by molar-refractivity contribution is -0.136. The van der Waals surface area contributed by atoms with Crippen LogP contribution in [-0.2, 0) is 65.6 Å². The van der Waals surface area contributed by atoms with Crippen LogP contribution in [0, 0.1) is 11.8 Å². The number of hydrogen-bond acceptors (Lipinski definition) is 13. The van der Waals surface area contributed by atoms with Crippen LogP contribution in [0.2, 0.25) is 5.02 Å². The number of Topliss-reactive ketones (excluding diaryl/α,β-unsaturated/α-hetero) is 4. The van der Waals surface area contributed by atoms with Crippen molar-refractivity contribution < 1.29 is 52.7 Å². The summed E-state index contributed by atoms with van der Waals surface area (Å²) in [5, 5.41) is 13.8. The SMILES string of the molecule is CC(=O)N[C@@H](CCCN=C(N)N)C(=O)N[C@H]1CCC(=O)CC(=O)CC[C@@H](C(N)=O)NC(=O)[C@H](Cc2c[nH]c3ccccc23)CC(=O)[C@H](CCCN=C(N)N)CC(=O)[C@@H](Cc2ccccc2Cl)NC(=O)[C@H](CCC(N)=O)NC1=O. The molecule has 78 heavy (non-hydrogen) atoms. The summed E-state index contributed by atoms with van der Waals surface area (Å²) >= 11 is 6.58. The Hall–Kier alpha value is -8.22. The number of primary amides is 2. The van der Waals surface area contributed by atoms with E-state index in [0.29, 0.717) is 11.1 Å². The van der Waals surface area contributed by atoms with Crippen molar-refractivity contribution in [2.24, 2.45) is 56.2 Å². The molecule has 1 aliphatic heterocycles. The van der Waals surface area contributed by atoms with E-state index in [1.165, 1.54) is 0 Å². The Kier molecular flexibility index (Phi) is 24.9. The van der Waals surface area contributed by atoms with Crippen LogP contribution in [0.25, 0.3) is 10.9 Å². The first kappa shape index (κ1) is 62.3. The molecule has 4 rings (SSSR count). The minimum Gasteiger partial charge on any atom is -0.370 e. The van der Waals surface area contributed by atoms with Crippen LogP contribution in [0.4, 0.5) is 0 Å². The molecule has 0 radical (unpaired) electrons. The fourth-order valence-electron chi connectivity index (χ4n) is 8.91. The second kappa shape index (κ2) is 31.1. The maximum absolute atomic E-state index is 14.8. The van der Waals surface area contributed by atoms with Crippen molar-refractivity contribution in [1.82, 2.24) is 31.6 Å². The highest BCUT2D eigenvalue weighted by molar-refractivity contribution is 6.31. The highest BCUT2D eigenvalue weighted by Gasteiger charge is 2.36. The fourth-order valence-corrected chi connectivity index (χ4v) is 9.12. The number of aromatic nitrogens is 1. The number of nitrogens with one attached hydrogen (secondary N) is 6. The van der Waals surface area contributed by atoms with Gasteiger partial charge in [-0.3, -0.25) is 62.7 Å². The van der Waals surface area contributed by atoms with Crippen LogP contribution in [0.3, 0.4) is 0 Å². The van der Waals surface area contributed by atoms with Gasteiger partial charge in [0.1, 0.15) is 41.5 Å². The number of nitrogens with two attached hydrogens (primary N) is 6. The summed E-state index contributed by atoms with van der Waals surface area (Å²) in [5.41, 5.74) is 35.1. The van der Waals surface area contributed by atoms with Crippen LogP contribution in [0.1, 0.15) is 102 Å². The maximum atomic E-state index is 14.8. The molecule has 1 aliphatic rings. The summed E-state index contributed by atoms with van der Waals surface area (Å²) in [5.74, 6) is -11.5. The molecule has 0 unspecified atom stereocenters. The molecule has 1 fully saturated rings. The summed E-state index contributed by atoms with van der Waals surface area (Å²) in [4.78, 5) is 162. The Morgan fingerprint density at radius 2 is 1.32 bits per heavy atom. The molecular formula is C52H71ClN14O11. The number of para-hydroxylation sites is 1. The lowest BCUT2D eigenvalue weighted by atomic mass is 9.83. The molecule has 0 spiro atoms. The van der Waals surface area contributed by atoms with E-state index < -0.39 is 158 Å². The van der Waals surface area contributed by atoms with Crippen molar-refractivity contribution in [2.45, 2.75) is 133 Å². The average molecular weight is 1100 g/mol. The smallest absolute Gasteiger partial charge is 0.243 e. The van der Waals surface area contributed by atoms with E-state index in [0.717, 1.165) is 17.8 Å². The Morgan fingerprint density at radius 1 is 0.692 bits per heavy atom. The van der Waals surface area contributed by atoms with Gasteiger partial charge in [-0.15, -0.1) is 0 Å². The topological polar surface area (TPSA) is 445 Å². The molecule has 3 aromatic rings. The van der Waals surface area contributed by atoms with E-state index >= 15 is 0 Å². The number of hydrogen-bond donors (Lipinski definition) is 12. The van der Waals surface area contributed by atoms with Crippen LogP contribution in [0.15, 0.2) is 64.7 Å². The van der Waals surface area contributed by atoms with Gasteiger partial charge in [0, 0.05) is 92.5 Å². The summed E-state index contributed by atoms with van der Waals surface area (Å²) in [6, 6.07) is 6.30. The first-order valence-corrected chi connectivity index (χ1v) is 25.9. The summed E-state index contributed by atoms with van der Waals surface area (Å²) in [7, 11) is 0. The van der Waals surface area contributed by atoms with Gasteiger partial charge >= 0.3 is 0 Å². The minimum absolute atomic E-state index is 0.0176. The molecule has 2 heterocycles. The molecule has 18 N–H and O–H groups in total. The Balaban J connectivity index is 1.83. The first-order chi connectivity index (χ1) is 37.0. The van der Waals surface area contributed by atoms with Gasteiger partial charge in [-0.1, -0.05) is 48.0 Å². The maximum Gasteiger partial charge on any atom is 0.243 e. The molecule has 1 aromatic heterocycles. The van der Waals surface area contributed by atoms with Gasteiger partial charge in [-0.05, 0) is 74.6 Å². The Morgan fingerprint density at radius 3 is 1.97 bits per heavy atom. The predicted molar refractivity (Wildman–Crippen MR) is 289 cm³/mol. The lowest BCUT2D eigenvalue weighted by Gasteiger charge is -2.27. The van der Waals surface area contributed by atoms with Crippen molar-refractivity contribution in [3.8, 4) is 0 Å². The van der Waals surface area contributed by atoms with Crippen molar-refractivity contribution in [3.63, 3.8) is 0 Å². The van der Waals surface area contributed by atoms with E-state index in [2.05, 4.69) is 41.6 Å². The molecule has 2 aromatic carbocycles. The monoisotopic (exact) mass is 1100 g/mol.